The number of thiazole rings is 1. The quantitative estimate of drug-likeness (QED) is 0.758. The fourth-order valence-corrected chi connectivity index (χ4v) is 2.85. The van der Waals surface area contributed by atoms with Crippen LogP contribution in [0.1, 0.15) is 45.3 Å². The molecule has 1 atom stereocenters. The summed E-state index contributed by atoms with van der Waals surface area (Å²) >= 11 is 1.49. The molecule has 0 spiro atoms. The highest BCUT2D eigenvalue weighted by atomic mass is 32.1. The number of aromatic nitrogens is 1. The summed E-state index contributed by atoms with van der Waals surface area (Å²) < 4.78 is 5.24. The predicted octanol–water partition coefficient (Wildman–Crippen LogP) is 2.57. The van der Waals surface area contributed by atoms with Gasteiger partial charge in [0.15, 0.2) is 6.10 Å². The molecule has 1 amide bonds. The molecule has 1 unspecified atom stereocenters. The van der Waals surface area contributed by atoms with Crippen LogP contribution >= 0.6 is 11.3 Å². The summed E-state index contributed by atoms with van der Waals surface area (Å²) in [6, 6.07) is 0.139. The third-order valence-electron chi connectivity index (χ3n) is 3.02. The molecule has 6 heteroatoms. The van der Waals surface area contributed by atoms with Gasteiger partial charge in [0, 0.05) is 17.5 Å². The first-order chi connectivity index (χ1) is 9.72. The average molecular weight is 312 g/mol. The van der Waals surface area contributed by atoms with E-state index in [0.29, 0.717) is 5.69 Å². The van der Waals surface area contributed by atoms with E-state index in [1.165, 1.54) is 11.3 Å². The van der Waals surface area contributed by atoms with E-state index in [9.17, 15) is 9.59 Å². The Morgan fingerprint density at radius 3 is 2.24 bits per heavy atom. The Morgan fingerprint density at radius 1 is 1.24 bits per heavy atom. The van der Waals surface area contributed by atoms with E-state index >= 15 is 0 Å². The summed E-state index contributed by atoms with van der Waals surface area (Å²) in [6.45, 7) is 11.3. The summed E-state index contributed by atoms with van der Waals surface area (Å²) in [5.74, 6) is -0.587. The molecule has 21 heavy (non-hydrogen) atoms. The van der Waals surface area contributed by atoms with Crippen LogP contribution in [-0.2, 0) is 20.7 Å². The van der Waals surface area contributed by atoms with E-state index in [1.54, 1.807) is 11.8 Å². The number of carbonyl (C=O) groups excluding carboxylic acids is 2. The fourth-order valence-electron chi connectivity index (χ4n) is 2.24. The van der Waals surface area contributed by atoms with Crippen LogP contribution in [0, 0.1) is 6.92 Å². The lowest BCUT2D eigenvalue weighted by Crippen LogP contribution is -2.47. The number of esters is 1. The van der Waals surface area contributed by atoms with Gasteiger partial charge in [-0.05, 0) is 41.5 Å². The highest BCUT2D eigenvalue weighted by molar-refractivity contribution is 7.09. The number of ether oxygens (including phenoxy) is 1. The number of carbonyl (C=O) groups is 2. The molecule has 1 heterocycles. The molecule has 0 bridgehead atoms. The van der Waals surface area contributed by atoms with Crippen molar-refractivity contribution in [1.82, 2.24) is 9.88 Å². The van der Waals surface area contributed by atoms with Crippen molar-refractivity contribution in [2.75, 3.05) is 0 Å². The summed E-state index contributed by atoms with van der Waals surface area (Å²) in [5, 5.41) is 2.74. The molecule has 0 saturated heterocycles. The van der Waals surface area contributed by atoms with Crippen molar-refractivity contribution in [3.05, 3.63) is 16.1 Å². The molecule has 118 valence electrons. The molecule has 0 N–H and O–H groups in total. The molecule has 1 aromatic heterocycles. The summed E-state index contributed by atoms with van der Waals surface area (Å²) in [4.78, 5) is 30.2. The Bertz CT molecular complexity index is 489. The Hall–Kier alpha value is -1.43. The second kappa shape index (κ2) is 7.54. The van der Waals surface area contributed by atoms with Crippen molar-refractivity contribution >= 4 is 23.2 Å². The smallest absolute Gasteiger partial charge is 0.312 e. The first kappa shape index (κ1) is 17.6. The van der Waals surface area contributed by atoms with Crippen LogP contribution in [-0.4, -0.2) is 39.9 Å². The molecule has 0 aliphatic carbocycles. The summed E-state index contributed by atoms with van der Waals surface area (Å²) in [7, 11) is 0. The first-order valence-corrected chi connectivity index (χ1v) is 8.03. The molecule has 5 nitrogen and oxygen atoms in total. The van der Waals surface area contributed by atoms with E-state index < -0.39 is 12.1 Å². The van der Waals surface area contributed by atoms with Crippen LogP contribution in [0.15, 0.2) is 5.38 Å². The standard InChI is InChI=1S/C15H24N2O3S/c1-9(2)17(10(3)4)15(19)11(5)20-14(18)7-13-8-21-12(6)16-13/h8-11H,7H2,1-6H3. The molecule has 0 radical (unpaired) electrons. The largest absolute Gasteiger partial charge is 0.452 e. The van der Waals surface area contributed by atoms with Gasteiger partial charge >= 0.3 is 5.97 Å². The van der Waals surface area contributed by atoms with Crippen LogP contribution in [0.3, 0.4) is 0 Å². The van der Waals surface area contributed by atoms with Crippen molar-refractivity contribution in [2.45, 2.75) is 66.2 Å². The second-order valence-electron chi connectivity index (χ2n) is 5.60. The van der Waals surface area contributed by atoms with Gasteiger partial charge in [-0.2, -0.15) is 0 Å². The lowest BCUT2D eigenvalue weighted by Gasteiger charge is -2.32. The molecule has 1 rings (SSSR count). The van der Waals surface area contributed by atoms with Gasteiger partial charge in [0.1, 0.15) is 0 Å². The minimum Gasteiger partial charge on any atom is -0.452 e. The zero-order valence-electron chi connectivity index (χ0n) is 13.5. The summed E-state index contributed by atoms with van der Waals surface area (Å²) in [5.41, 5.74) is 0.687. The highest BCUT2D eigenvalue weighted by Crippen LogP contribution is 2.12. The van der Waals surface area contributed by atoms with Crippen LogP contribution in [0.2, 0.25) is 0 Å². The van der Waals surface area contributed by atoms with Crippen molar-refractivity contribution < 1.29 is 14.3 Å². The van der Waals surface area contributed by atoms with Crippen molar-refractivity contribution in [3.8, 4) is 0 Å². The lowest BCUT2D eigenvalue weighted by molar-refractivity contribution is -0.160. The highest BCUT2D eigenvalue weighted by Gasteiger charge is 2.27. The number of amides is 1. The maximum atomic E-state index is 12.4. The maximum Gasteiger partial charge on any atom is 0.312 e. The zero-order valence-corrected chi connectivity index (χ0v) is 14.4. The lowest BCUT2D eigenvalue weighted by atomic mass is 10.2. The average Bonchev–Trinajstić information content (AvgIpc) is 2.73. The third-order valence-corrected chi connectivity index (χ3v) is 3.84. The third kappa shape index (κ3) is 5.12. The van der Waals surface area contributed by atoms with Gasteiger partial charge < -0.3 is 9.64 Å². The minimum absolute atomic E-state index is 0.0693. The van der Waals surface area contributed by atoms with Crippen LogP contribution in [0.25, 0.3) is 0 Å². The molecule has 0 aromatic carbocycles. The topological polar surface area (TPSA) is 59.5 Å². The van der Waals surface area contributed by atoms with E-state index in [1.807, 2.05) is 40.0 Å². The number of hydrogen-bond acceptors (Lipinski definition) is 5. The van der Waals surface area contributed by atoms with Gasteiger partial charge in [-0.1, -0.05) is 0 Å². The second-order valence-corrected chi connectivity index (χ2v) is 6.66. The molecule has 0 fully saturated rings. The van der Waals surface area contributed by atoms with Gasteiger partial charge in [-0.15, -0.1) is 11.3 Å². The van der Waals surface area contributed by atoms with Crippen LogP contribution in [0.5, 0.6) is 0 Å². The number of aryl methyl sites for hydroxylation is 1. The SMILES string of the molecule is Cc1nc(CC(=O)OC(C)C(=O)N(C(C)C)C(C)C)cs1. The van der Waals surface area contributed by atoms with E-state index in [0.717, 1.165) is 5.01 Å². The van der Waals surface area contributed by atoms with E-state index in [4.69, 9.17) is 4.74 Å². The van der Waals surface area contributed by atoms with E-state index in [2.05, 4.69) is 4.98 Å². The number of nitrogens with zero attached hydrogens (tertiary/aromatic N) is 2. The molecular weight excluding hydrogens is 288 g/mol. The first-order valence-electron chi connectivity index (χ1n) is 7.15. The number of rotatable bonds is 6. The maximum absolute atomic E-state index is 12.4. The van der Waals surface area contributed by atoms with Gasteiger partial charge in [0.2, 0.25) is 0 Å². The fraction of sp³-hybridized carbons (Fsp3) is 0.667. The van der Waals surface area contributed by atoms with Gasteiger partial charge in [0.05, 0.1) is 17.1 Å². The van der Waals surface area contributed by atoms with Gasteiger partial charge in [0.25, 0.3) is 5.91 Å². The Balaban J connectivity index is 2.60. The summed E-state index contributed by atoms with van der Waals surface area (Å²) in [6.07, 6.45) is -0.673. The van der Waals surface area contributed by atoms with Crippen LogP contribution < -0.4 is 0 Å². The predicted molar refractivity (Wildman–Crippen MR) is 83.2 cm³/mol. The molecular formula is C15H24N2O3S. The molecule has 0 aliphatic rings. The minimum atomic E-state index is -0.776. The normalized spacial score (nSPS) is 12.6. The Kier molecular flexibility index (Phi) is 6.33. The van der Waals surface area contributed by atoms with Crippen molar-refractivity contribution in [1.29, 1.82) is 0 Å². The monoisotopic (exact) mass is 312 g/mol. The Morgan fingerprint density at radius 2 is 1.81 bits per heavy atom. The molecule has 1 aromatic rings. The molecule has 0 aliphatic heterocycles. The van der Waals surface area contributed by atoms with E-state index in [-0.39, 0.29) is 24.4 Å². The van der Waals surface area contributed by atoms with Crippen LogP contribution in [0.4, 0.5) is 0 Å². The van der Waals surface area contributed by atoms with Crippen molar-refractivity contribution in [2.24, 2.45) is 0 Å². The van der Waals surface area contributed by atoms with Gasteiger partial charge in [-0.3, -0.25) is 9.59 Å². The number of hydrogen-bond donors (Lipinski definition) is 0. The molecule has 0 saturated carbocycles. The van der Waals surface area contributed by atoms with Gasteiger partial charge in [-0.25, -0.2) is 4.98 Å². The Labute approximate surface area is 130 Å². The van der Waals surface area contributed by atoms with Crippen molar-refractivity contribution in [3.63, 3.8) is 0 Å². The zero-order chi connectivity index (χ0) is 16.2.